The fourth-order valence-electron chi connectivity index (χ4n) is 2.94. The molecule has 1 aliphatic heterocycles. The molecule has 132 valence electrons. The highest BCUT2D eigenvalue weighted by Crippen LogP contribution is 2.32. The molecule has 1 amide bonds. The molecule has 1 aromatic carbocycles. The van der Waals surface area contributed by atoms with Gasteiger partial charge in [0.25, 0.3) is 11.6 Å². The van der Waals surface area contributed by atoms with Gasteiger partial charge in [-0.25, -0.2) is 0 Å². The fraction of sp³-hybridized carbons (Fsp3) is 0.588. The Morgan fingerprint density at radius 3 is 2.88 bits per heavy atom. The van der Waals surface area contributed by atoms with Crippen molar-refractivity contribution in [3.8, 4) is 0 Å². The third kappa shape index (κ3) is 4.44. The number of nitrogens with one attached hydrogen (secondary N) is 2. The van der Waals surface area contributed by atoms with Crippen LogP contribution in [0.3, 0.4) is 0 Å². The van der Waals surface area contributed by atoms with Gasteiger partial charge in [0.05, 0.1) is 4.92 Å². The first kappa shape index (κ1) is 18.2. The van der Waals surface area contributed by atoms with Gasteiger partial charge in [0, 0.05) is 37.3 Å². The van der Waals surface area contributed by atoms with Gasteiger partial charge in [-0.1, -0.05) is 6.92 Å². The van der Waals surface area contributed by atoms with Crippen molar-refractivity contribution in [1.82, 2.24) is 10.6 Å². The van der Waals surface area contributed by atoms with E-state index in [1.54, 1.807) is 12.1 Å². The van der Waals surface area contributed by atoms with Crippen molar-refractivity contribution in [2.45, 2.75) is 32.7 Å². The van der Waals surface area contributed by atoms with Crippen molar-refractivity contribution < 1.29 is 9.72 Å². The number of piperidine rings is 1. The summed E-state index contributed by atoms with van der Waals surface area (Å²) in [5, 5.41) is 17.3. The number of nitro groups is 1. The summed E-state index contributed by atoms with van der Waals surface area (Å²) in [4.78, 5) is 25.3. The minimum absolute atomic E-state index is 0.00147. The van der Waals surface area contributed by atoms with E-state index >= 15 is 0 Å². The molecule has 0 saturated carbocycles. The molecule has 24 heavy (non-hydrogen) atoms. The van der Waals surface area contributed by atoms with Gasteiger partial charge in [-0.3, -0.25) is 14.9 Å². The Hall–Kier alpha value is -2.15. The molecule has 1 heterocycles. The number of likely N-dealkylation sites (N-methyl/N-ethyl adjacent to an activating group) is 1. The summed E-state index contributed by atoms with van der Waals surface area (Å²) in [5.41, 5.74) is 0.920. The first-order valence-corrected chi connectivity index (χ1v) is 8.41. The summed E-state index contributed by atoms with van der Waals surface area (Å²) in [7, 11) is 1.82. The van der Waals surface area contributed by atoms with Crippen molar-refractivity contribution in [3.05, 3.63) is 33.9 Å². The zero-order chi connectivity index (χ0) is 17.7. The van der Waals surface area contributed by atoms with Crippen LogP contribution in [0.15, 0.2) is 18.2 Å². The molecule has 0 spiro atoms. The maximum atomic E-state index is 12.2. The summed E-state index contributed by atoms with van der Waals surface area (Å²) >= 11 is 0. The third-order valence-electron chi connectivity index (χ3n) is 4.49. The number of amides is 1. The Labute approximate surface area is 142 Å². The molecule has 1 fully saturated rings. The Morgan fingerprint density at radius 1 is 1.50 bits per heavy atom. The molecule has 2 rings (SSSR count). The largest absolute Gasteiger partial charge is 0.366 e. The smallest absolute Gasteiger partial charge is 0.293 e. The van der Waals surface area contributed by atoms with Crippen LogP contribution in [0.4, 0.5) is 11.4 Å². The van der Waals surface area contributed by atoms with Gasteiger partial charge in [0.2, 0.25) is 0 Å². The average Bonchev–Trinajstić information content (AvgIpc) is 2.58. The zero-order valence-corrected chi connectivity index (χ0v) is 14.5. The van der Waals surface area contributed by atoms with Crippen LogP contribution in [0.1, 0.15) is 37.0 Å². The van der Waals surface area contributed by atoms with Gasteiger partial charge in [-0.05, 0) is 44.9 Å². The summed E-state index contributed by atoms with van der Waals surface area (Å²) in [6.45, 7) is 6.20. The standard InChI is InChI=1S/C17H26N4O3/c1-12-5-4-8-20(11-12)15-7-6-14(9-16(15)21(23)24)17(22)19-10-13(2)18-3/h6-7,9,12-13,18H,4-5,8,10-11H2,1-3H3,(H,19,22). The molecule has 2 unspecified atom stereocenters. The van der Waals surface area contributed by atoms with Gasteiger partial charge < -0.3 is 15.5 Å². The van der Waals surface area contributed by atoms with Crippen LogP contribution in [-0.4, -0.2) is 43.6 Å². The molecule has 1 aliphatic rings. The van der Waals surface area contributed by atoms with Gasteiger partial charge >= 0.3 is 0 Å². The van der Waals surface area contributed by atoms with Crippen molar-refractivity contribution >= 4 is 17.3 Å². The Balaban J connectivity index is 2.20. The molecule has 0 bridgehead atoms. The molecule has 0 aromatic heterocycles. The lowest BCUT2D eigenvalue weighted by molar-refractivity contribution is -0.384. The van der Waals surface area contributed by atoms with E-state index in [1.807, 2.05) is 14.0 Å². The molecular weight excluding hydrogens is 308 g/mol. The average molecular weight is 334 g/mol. The molecule has 1 saturated heterocycles. The lowest BCUT2D eigenvalue weighted by Crippen LogP contribution is -2.37. The summed E-state index contributed by atoms with van der Waals surface area (Å²) in [6, 6.07) is 4.89. The zero-order valence-electron chi connectivity index (χ0n) is 14.5. The van der Waals surface area contributed by atoms with Gasteiger partial charge in [0.1, 0.15) is 5.69 Å². The number of rotatable bonds is 6. The number of benzene rings is 1. The van der Waals surface area contributed by atoms with E-state index in [2.05, 4.69) is 22.5 Å². The molecule has 7 nitrogen and oxygen atoms in total. The SMILES string of the molecule is CNC(C)CNC(=O)c1ccc(N2CCCC(C)C2)c([N+](=O)[O-])c1. The topological polar surface area (TPSA) is 87.5 Å². The van der Waals surface area contributed by atoms with Crippen LogP contribution in [0.2, 0.25) is 0 Å². The summed E-state index contributed by atoms with van der Waals surface area (Å²) in [5.74, 6) is 0.225. The molecule has 1 aromatic rings. The maximum absolute atomic E-state index is 12.2. The van der Waals surface area contributed by atoms with E-state index in [0.717, 1.165) is 25.9 Å². The number of carbonyl (C=O) groups excluding carboxylic acids is 1. The molecule has 0 aliphatic carbocycles. The van der Waals surface area contributed by atoms with E-state index in [-0.39, 0.29) is 17.6 Å². The minimum Gasteiger partial charge on any atom is -0.366 e. The lowest BCUT2D eigenvalue weighted by Gasteiger charge is -2.32. The van der Waals surface area contributed by atoms with Crippen molar-refractivity contribution in [3.63, 3.8) is 0 Å². The van der Waals surface area contributed by atoms with Crippen LogP contribution in [0.25, 0.3) is 0 Å². The summed E-state index contributed by atoms with van der Waals surface area (Å²) < 4.78 is 0. The Bertz CT molecular complexity index is 605. The third-order valence-corrected chi connectivity index (χ3v) is 4.49. The van der Waals surface area contributed by atoms with E-state index < -0.39 is 4.92 Å². The number of nitrogens with zero attached hydrogens (tertiary/aromatic N) is 2. The number of carbonyl (C=O) groups is 1. The first-order chi connectivity index (χ1) is 11.4. The maximum Gasteiger partial charge on any atom is 0.293 e. The molecule has 2 N–H and O–H groups in total. The predicted molar refractivity (Wildman–Crippen MR) is 94.6 cm³/mol. The van der Waals surface area contributed by atoms with Crippen LogP contribution in [0.5, 0.6) is 0 Å². The molecule has 0 radical (unpaired) electrons. The highest BCUT2D eigenvalue weighted by molar-refractivity contribution is 5.95. The number of hydrogen-bond acceptors (Lipinski definition) is 5. The minimum atomic E-state index is -0.401. The van der Waals surface area contributed by atoms with Gasteiger partial charge in [-0.2, -0.15) is 0 Å². The second kappa shape index (κ2) is 8.10. The number of nitro benzene ring substituents is 1. The van der Waals surface area contributed by atoms with Crippen molar-refractivity contribution in [1.29, 1.82) is 0 Å². The van der Waals surface area contributed by atoms with Crippen molar-refractivity contribution in [2.24, 2.45) is 5.92 Å². The van der Waals surface area contributed by atoms with Gasteiger partial charge in [0.15, 0.2) is 0 Å². The molecular formula is C17H26N4O3. The van der Waals surface area contributed by atoms with Crippen LogP contribution >= 0.6 is 0 Å². The van der Waals surface area contributed by atoms with E-state index in [0.29, 0.717) is 23.7 Å². The number of hydrogen-bond donors (Lipinski definition) is 2. The van der Waals surface area contributed by atoms with E-state index in [1.165, 1.54) is 6.07 Å². The molecule has 7 heteroatoms. The molecule has 2 atom stereocenters. The lowest BCUT2D eigenvalue weighted by atomic mass is 9.99. The van der Waals surface area contributed by atoms with Crippen molar-refractivity contribution in [2.75, 3.05) is 31.6 Å². The normalized spacial score (nSPS) is 19.0. The van der Waals surface area contributed by atoms with Crippen LogP contribution in [-0.2, 0) is 0 Å². The highest BCUT2D eigenvalue weighted by Gasteiger charge is 2.25. The van der Waals surface area contributed by atoms with Crippen LogP contribution < -0.4 is 15.5 Å². The summed E-state index contributed by atoms with van der Waals surface area (Å²) in [6.07, 6.45) is 2.18. The second-order valence-electron chi connectivity index (χ2n) is 6.55. The Kier molecular flexibility index (Phi) is 6.14. The second-order valence-corrected chi connectivity index (χ2v) is 6.55. The van der Waals surface area contributed by atoms with E-state index in [9.17, 15) is 14.9 Å². The predicted octanol–water partition coefficient (Wildman–Crippen LogP) is 2.17. The fourth-order valence-corrected chi connectivity index (χ4v) is 2.94. The monoisotopic (exact) mass is 334 g/mol. The Morgan fingerprint density at radius 2 is 2.25 bits per heavy atom. The van der Waals surface area contributed by atoms with E-state index in [4.69, 9.17) is 0 Å². The number of anilines is 1. The quantitative estimate of drug-likeness (QED) is 0.615. The first-order valence-electron chi connectivity index (χ1n) is 8.41. The van der Waals surface area contributed by atoms with Crippen LogP contribution in [0, 0.1) is 16.0 Å². The highest BCUT2D eigenvalue weighted by atomic mass is 16.6. The van der Waals surface area contributed by atoms with Gasteiger partial charge in [-0.15, -0.1) is 0 Å².